The molecule has 0 aromatic heterocycles. The summed E-state index contributed by atoms with van der Waals surface area (Å²) in [4.78, 5) is 25.4. The van der Waals surface area contributed by atoms with E-state index < -0.39 is 5.41 Å². The molecule has 5 heteroatoms. The van der Waals surface area contributed by atoms with Gasteiger partial charge in [0.15, 0.2) is 0 Å². The molecule has 7 atom stereocenters. The number of Topliss-reactive ketones (excluding diaryl/α,β-unsaturated/α-hetero) is 1. The Morgan fingerprint density at radius 1 is 1.16 bits per heavy atom. The van der Waals surface area contributed by atoms with Crippen LogP contribution in [0.4, 0.5) is 0 Å². The van der Waals surface area contributed by atoms with E-state index in [0.717, 1.165) is 25.7 Å². The molecule has 136 valence electrons. The van der Waals surface area contributed by atoms with Gasteiger partial charge in [-0.2, -0.15) is 0 Å². The third-order valence-electron chi connectivity index (χ3n) is 8.26. The maximum Gasteiger partial charge on any atom is 0.320 e. The number of carbonyl (C=O) groups is 2. The second-order valence-electron chi connectivity index (χ2n) is 9.27. The molecule has 5 nitrogen and oxygen atoms in total. The highest BCUT2D eigenvalue weighted by Crippen LogP contribution is 2.69. The normalized spacial score (nSPS) is 56.4. The van der Waals surface area contributed by atoms with Crippen LogP contribution in [-0.4, -0.2) is 35.7 Å². The summed E-state index contributed by atoms with van der Waals surface area (Å²) in [6, 6.07) is 0. The molecular weight excluding hydrogens is 320 g/mol. The molecular formula is C20H26O5. The standard InChI is InChI=1S/C20H26O5/c1-12-10-13-15-17(2,5-4-14(21)18(15,3)16(22)24-13)20(12)7-6-19(25-20)8-9-23-11-19/h8-9,12-13,15H,4-7,10-11H2,1-3H3/t12-,13-,15+,17+,18+,19-,20-/m1/s1. The molecule has 5 rings (SSSR count). The number of hydrogen-bond acceptors (Lipinski definition) is 5. The van der Waals surface area contributed by atoms with E-state index in [1.165, 1.54) is 0 Å². The van der Waals surface area contributed by atoms with Crippen LogP contribution in [0.3, 0.4) is 0 Å². The van der Waals surface area contributed by atoms with Crippen LogP contribution in [0.15, 0.2) is 12.3 Å². The van der Waals surface area contributed by atoms with Crippen LogP contribution >= 0.6 is 0 Å². The van der Waals surface area contributed by atoms with Crippen LogP contribution in [0.2, 0.25) is 0 Å². The van der Waals surface area contributed by atoms with Crippen molar-refractivity contribution in [1.29, 1.82) is 0 Å². The van der Waals surface area contributed by atoms with Gasteiger partial charge in [-0.3, -0.25) is 9.59 Å². The van der Waals surface area contributed by atoms with E-state index in [0.29, 0.717) is 13.0 Å². The molecule has 0 radical (unpaired) electrons. The van der Waals surface area contributed by atoms with Gasteiger partial charge in [0.05, 0.1) is 11.9 Å². The molecule has 5 aliphatic rings. The monoisotopic (exact) mass is 346 g/mol. The first kappa shape index (κ1) is 15.9. The van der Waals surface area contributed by atoms with Crippen molar-refractivity contribution in [1.82, 2.24) is 0 Å². The summed E-state index contributed by atoms with van der Waals surface area (Å²) < 4.78 is 18.1. The summed E-state index contributed by atoms with van der Waals surface area (Å²) in [5.74, 6) is -0.0923. The van der Waals surface area contributed by atoms with E-state index in [-0.39, 0.29) is 46.3 Å². The highest BCUT2D eigenvalue weighted by Gasteiger charge is 2.76. The molecule has 2 saturated carbocycles. The summed E-state index contributed by atoms with van der Waals surface area (Å²) in [5, 5.41) is 0. The number of rotatable bonds is 0. The maximum atomic E-state index is 12.7. The largest absolute Gasteiger partial charge is 0.498 e. The Labute approximate surface area is 148 Å². The molecule has 0 amide bonds. The molecule has 2 saturated heterocycles. The topological polar surface area (TPSA) is 61.8 Å². The van der Waals surface area contributed by atoms with Gasteiger partial charge in [0.25, 0.3) is 0 Å². The Bertz CT molecular complexity index is 700. The SMILES string of the molecule is C[C@@H]1C[C@H]2OC(=O)[C@@]3(C)C(=O)CC[C@@](C)([C@H]23)[C@@]12CC[C@]1(C=COC1)O2. The number of fused-ring (bicyclic) bond motifs is 1. The molecule has 25 heavy (non-hydrogen) atoms. The lowest BCUT2D eigenvalue weighted by Gasteiger charge is -2.61. The van der Waals surface area contributed by atoms with Crippen molar-refractivity contribution in [3.8, 4) is 0 Å². The molecule has 2 aliphatic carbocycles. The van der Waals surface area contributed by atoms with Crippen LogP contribution in [0.5, 0.6) is 0 Å². The van der Waals surface area contributed by atoms with E-state index in [4.69, 9.17) is 14.2 Å². The molecule has 3 aliphatic heterocycles. The number of ketones is 1. The average molecular weight is 346 g/mol. The van der Waals surface area contributed by atoms with Gasteiger partial charge in [-0.15, -0.1) is 0 Å². The predicted octanol–water partition coefficient (Wildman–Crippen LogP) is 2.78. The molecule has 0 aromatic carbocycles. The van der Waals surface area contributed by atoms with E-state index in [1.807, 2.05) is 13.0 Å². The van der Waals surface area contributed by atoms with Gasteiger partial charge >= 0.3 is 5.97 Å². The van der Waals surface area contributed by atoms with Crippen molar-refractivity contribution >= 4 is 11.8 Å². The van der Waals surface area contributed by atoms with E-state index in [1.54, 1.807) is 6.26 Å². The summed E-state index contributed by atoms with van der Waals surface area (Å²) in [6.07, 6.45) is 7.48. The Morgan fingerprint density at radius 3 is 2.68 bits per heavy atom. The van der Waals surface area contributed by atoms with Crippen LogP contribution in [0.25, 0.3) is 0 Å². The van der Waals surface area contributed by atoms with Crippen molar-refractivity contribution < 1.29 is 23.8 Å². The summed E-state index contributed by atoms with van der Waals surface area (Å²) in [6.45, 7) is 6.84. The zero-order chi connectivity index (χ0) is 17.7. The number of carbonyl (C=O) groups excluding carboxylic acids is 2. The summed E-state index contributed by atoms with van der Waals surface area (Å²) in [5.41, 5.74) is -1.93. The second kappa shape index (κ2) is 4.48. The minimum atomic E-state index is -1.01. The van der Waals surface area contributed by atoms with Gasteiger partial charge in [-0.05, 0) is 44.6 Å². The third kappa shape index (κ3) is 1.60. The van der Waals surface area contributed by atoms with Crippen molar-refractivity contribution in [2.45, 2.75) is 70.2 Å². The molecule has 3 heterocycles. The minimum Gasteiger partial charge on any atom is -0.498 e. The first-order valence-corrected chi connectivity index (χ1v) is 9.51. The molecule has 0 N–H and O–H groups in total. The van der Waals surface area contributed by atoms with Gasteiger partial charge in [0.1, 0.15) is 29.5 Å². The van der Waals surface area contributed by atoms with E-state index in [2.05, 4.69) is 13.8 Å². The fourth-order valence-electron chi connectivity index (χ4n) is 6.95. The lowest BCUT2D eigenvalue weighted by molar-refractivity contribution is -0.242. The number of ether oxygens (including phenoxy) is 3. The highest BCUT2D eigenvalue weighted by atomic mass is 16.6. The number of hydrogen-bond donors (Lipinski definition) is 0. The van der Waals surface area contributed by atoms with Crippen LogP contribution < -0.4 is 0 Å². The smallest absolute Gasteiger partial charge is 0.320 e. The summed E-state index contributed by atoms with van der Waals surface area (Å²) in [7, 11) is 0. The molecule has 0 aromatic rings. The molecule has 0 unspecified atom stereocenters. The van der Waals surface area contributed by atoms with Crippen LogP contribution in [0, 0.1) is 22.7 Å². The lowest BCUT2D eigenvalue weighted by atomic mass is 9.44. The van der Waals surface area contributed by atoms with E-state index in [9.17, 15) is 9.59 Å². The van der Waals surface area contributed by atoms with Crippen molar-refractivity contribution in [3.63, 3.8) is 0 Å². The Hall–Kier alpha value is -1.36. The van der Waals surface area contributed by atoms with Gasteiger partial charge in [-0.25, -0.2) is 0 Å². The average Bonchev–Trinajstić information content (AvgIpc) is 3.24. The zero-order valence-electron chi connectivity index (χ0n) is 15.2. The zero-order valence-corrected chi connectivity index (χ0v) is 15.2. The van der Waals surface area contributed by atoms with Crippen molar-refractivity contribution in [2.24, 2.45) is 22.7 Å². The first-order valence-electron chi connectivity index (χ1n) is 9.51. The maximum absolute atomic E-state index is 12.7. The minimum absolute atomic E-state index is 0.0454. The van der Waals surface area contributed by atoms with Crippen molar-refractivity contribution in [3.05, 3.63) is 12.3 Å². The molecule has 2 spiro atoms. The second-order valence-corrected chi connectivity index (χ2v) is 9.27. The lowest BCUT2D eigenvalue weighted by Crippen LogP contribution is -2.67. The highest BCUT2D eigenvalue weighted by molar-refractivity contribution is 6.06. The van der Waals surface area contributed by atoms with Gasteiger partial charge in [0.2, 0.25) is 0 Å². The first-order chi connectivity index (χ1) is 11.8. The fourth-order valence-corrected chi connectivity index (χ4v) is 6.95. The number of esters is 1. The van der Waals surface area contributed by atoms with Crippen molar-refractivity contribution in [2.75, 3.05) is 6.61 Å². The molecule has 4 fully saturated rings. The predicted molar refractivity (Wildman–Crippen MR) is 88.5 cm³/mol. The van der Waals surface area contributed by atoms with Gasteiger partial charge < -0.3 is 14.2 Å². The van der Waals surface area contributed by atoms with Gasteiger partial charge in [-0.1, -0.05) is 13.8 Å². The van der Waals surface area contributed by atoms with Gasteiger partial charge in [0, 0.05) is 17.8 Å². The molecule has 0 bridgehead atoms. The quantitative estimate of drug-likeness (QED) is 0.498. The van der Waals surface area contributed by atoms with Crippen LogP contribution in [-0.2, 0) is 23.8 Å². The fraction of sp³-hybridized carbons (Fsp3) is 0.800. The third-order valence-corrected chi connectivity index (χ3v) is 8.26. The Kier molecular flexibility index (Phi) is 2.84. The Balaban J connectivity index is 1.64. The Morgan fingerprint density at radius 2 is 1.96 bits per heavy atom. The van der Waals surface area contributed by atoms with E-state index >= 15 is 0 Å². The summed E-state index contributed by atoms with van der Waals surface area (Å²) >= 11 is 0. The van der Waals surface area contributed by atoms with Crippen LogP contribution in [0.1, 0.15) is 52.9 Å².